The van der Waals surface area contributed by atoms with Crippen LogP contribution in [0.3, 0.4) is 0 Å². The van der Waals surface area contributed by atoms with Crippen LogP contribution < -0.4 is 5.32 Å². The molecule has 5 heteroatoms. The summed E-state index contributed by atoms with van der Waals surface area (Å²) in [5.74, 6) is 0.358. The summed E-state index contributed by atoms with van der Waals surface area (Å²) in [7, 11) is 1.75. The smallest absolute Gasteiger partial charge is 0.126 e. The van der Waals surface area contributed by atoms with Crippen molar-refractivity contribution in [2.75, 3.05) is 7.05 Å². The van der Waals surface area contributed by atoms with Crippen molar-refractivity contribution >= 4 is 38.5 Å². The molecule has 0 aliphatic carbocycles. The Hall–Kier alpha value is -5.16. The number of aromatic nitrogens is 3. The van der Waals surface area contributed by atoms with Crippen molar-refractivity contribution < 1.29 is 0 Å². The number of amidine groups is 1. The molecule has 0 spiro atoms. The lowest BCUT2D eigenvalue weighted by atomic mass is 10.1. The minimum Gasteiger partial charge on any atom is -0.373 e. The summed E-state index contributed by atoms with van der Waals surface area (Å²) >= 11 is 0. The van der Waals surface area contributed by atoms with Gasteiger partial charge in [0.25, 0.3) is 0 Å². The van der Waals surface area contributed by atoms with E-state index in [4.69, 9.17) is 5.41 Å². The van der Waals surface area contributed by atoms with Crippen LogP contribution in [0.5, 0.6) is 0 Å². The SMILES string of the molecule is CNC(=N)c1ccc(-c2ccc3c(c2)c2ccc4c(ccn4-c4ccccc4)c2n3-c2ccccc2)nc1. The van der Waals surface area contributed by atoms with Gasteiger partial charge in [0.1, 0.15) is 5.84 Å². The van der Waals surface area contributed by atoms with Gasteiger partial charge in [-0.15, -0.1) is 0 Å². The highest BCUT2D eigenvalue weighted by Gasteiger charge is 2.18. The maximum atomic E-state index is 8.00. The van der Waals surface area contributed by atoms with Gasteiger partial charge in [-0.1, -0.05) is 48.5 Å². The molecule has 0 unspecified atom stereocenters. The summed E-state index contributed by atoms with van der Waals surface area (Å²) in [6, 6.07) is 38.2. The van der Waals surface area contributed by atoms with E-state index < -0.39 is 0 Å². The maximum absolute atomic E-state index is 8.00. The fourth-order valence-electron chi connectivity index (χ4n) is 5.40. The molecule has 0 aliphatic rings. The molecule has 0 fully saturated rings. The Morgan fingerprint density at radius 1 is 0.711 bits per heavy atom. The number of fused-ring (bicyclic) bond motifs is 5. The van der Waals surface area contributed by atoms with Gasteiger partial charge in [0.05, 0.1) is 22.2 Å². The third-order valence-corrected chi connectivity index (χ3v) is 7.24. The van der Waals surface area contributed by atoms with Crippen molar-refractivity contribution in [2.45, 2.75) is 0 Å². The number of pyridine rings is 1. The Morgan fingerprint density at radius 2 is 1.45 bits per heavy atom. The molecule has 5 nitrogen and oxygen atoms in total. The molecule has 3 aromatic heterocycles. The average Bonchev–Trinajstić information content (AvgIpc) is 3.57. The Balaban J connectivity index is 1.49. The number of hydrogen-bond donors (Lipinski definition) is 2. The van der Waals surface area contributed by atoms with Gasteiger partial charge in [0.15, 0.2) is 0 Å². The molecule has 7 rings (SSSR count). The molecule has 182 valence electrons. The quantitative estimate of drug-likeness (QED) is 0.200. The van der Waals surface area contributed by atoms with Crippen LogP contribution in [0, 0.1) is 5.41 Å². The van der Waals surface area contributed by atoms with Gasteiger partial charge >= 0.3 is 0 Å². The number of nitrogens with one attached hydrogen (secondary N) is 2. The van der Waals surface area contributed by atoms with Crippen LogP contribution in [-0.4, -0.2) is 27.0 Å². The predicted molar refractivity (Wildman–Crippen MR) is 157 cm³/mol. The monoisotopic (exact) mass is 491 g/mol. The second-order valence-electron chi connectivity index (χ2n) is 9.38. The molecular formula is C33H25N5. The highest BCUT2D eigenvalue weighted by Crippen LogP contribution is 2.39. The van der Waals surface area contributed by atoms with Crippen LogP contribution in [0.15, 0.2) is 122 Å². The first-order chi connectivity index (χ1) is 18.7. The number of para-hydroxylation sites is 2. The number of nitrogens with zero attached hydrogens (tertiary/aromatic N) is 3. The second-order valence-corrected chi connectivity index (χ2v) is 9.38. The van der Waals surface area contributed by atoms with Crippen LogP contribution in [-0.2, 0) is 0 Å². The Bertz CT molecular complexity index is 1950. The summed E-state index contributed by atoms with van der Waals surface area (Å²) in [5.41, 5.74) is 8.51. The van der Waals surface area contributed by atoms with Crippen molar-refractivity contribution in [1.82, 2.24) is 19.4 Å². The van der Waals surface area contributed by atoms with Crippen molar-refractivity contribution in [2.24, 2.45) is 0 Å². The van der Waals surface area contributed by atoms with Crippen molar-refractivity contribution in [3.8, 4) is 22.6 Å². The summed E-state index contributed by atoms with van der Waals surface area (Å²) < 4.78 is 4.62. The van der Waals surface area contributed by atoms with Crippen LogP contribution in [0.25, 0.3) is 55.3 Å². The summed E-state index contributed by atoms with van der Waals surface area (Å²) in [4.78, 5) is 4.67. The lowest BCUT2D eigenvalue weighted by molar-refractivity contribution is 1.13. The van der Waals surface area contributed by atoms with Crippen molar-refractivity contribution in [3.05, 3.63) is 127 Å². The van der Waals surface area contributed by atoms with Gasteiger partial charge in [-0.25, -0.2) is 0 Å². The third kappa shape index (κ3) is 3.40. The zero-order chi connectivity index (χ0) is 25.6. The first-order valence-corrected chi connectivity index (χ1v) is 12.6. The molecule has 0 radical (unpaired) electrons. The molecule has 0 saturated heterocycles. The average molecular weight is 492 g/mol. The summed E-state index contributed by atoms with van der Waals surface area (Å²) in [6.45, 7) is 0. The fraction of sp³-hybridized carbons (Fsp3) is 0.0303. The Morgan fingerprint density at radius 3 is 2.16 bits per heavy atom. The highest BCUT2D eigenvalue weighted by atomic mass is 15.0. The summed E-state index contributed by atoms with van der Waals surface area (Å²) in [5, 5.41) is 14.5. The van der Waals surface area contributed by atoms with Gasteiger partial charge in [-0.2, -0.15) is 0 Å². The molecule has 3 heterocycles. The third-order valence-electron chi connectivity index (χ3n) is 7.24. The second kappa shape index (κ2) is 8.75. The van der Waals surface area contributed by atoms with Crippen LogP contribution in [0.1, 0.15) is 5.56 Å². The molecule has 0 aliphatic heterocycles. The minimum absolute atomic E-state index is 0.358. The van der Waals surface area contributed by atoms with Gasteiger partial charge in [-0.3, -0.25) is 10.4 Å². The normalized spacial score (nSPS) is 11.4. The molecule has 7 aromatic rings. The Labute approximate surface area is 220 Å². The zero-order valence-corrected chi connectivity index (χ0v) is 20.9. The van der Waals surface area contributed by atoms with Gasteiger partial charge in [0.2, 0.25) is 0 Å². The highest BCUT2D eigenvalue weighted by molar-refractivity contribution is 6.19. The molecule has 0 saturated carbocycles. The molecule has 0 bridgehead atoms. The van der Waals surface area contributed by atoms with E-state index in [0.29, 0.717) is 5.84 Å². The fourth-order valence-corrected chi connectivity index (χ4v) is 5.40. The molecule has 0 amide bonds. The van der Waals surface area contributed by atoms with Gasteiger partial charge < -0.3 is 14.5 Å². The van der Waals surface area contributed by atoms with E-state index in [2.05, 4.69) is 117 Å². The van der Waals surface area contributed by atoms with Crippen molar-refractivity contribution in [3.63, 3.8) is 0 Å². The maximum Gasteiger partial charge on any atom is 0.126 e. The van der Waals surface area contributed by atoms with Gasteiger partial charge in [-0.05, 0) is 60.7 Å². The van der Waals surface area contributed by atoms with E-state index in [-0.39, 0.29) is 0 Å². The molecule has 0 atom stereocenters. The van der Waals surface area contributed by atoms with Crippen LogP contribution in [0.2, 0.25) is 0 Å². The predicted octanol–water partition coefficient (Wildman–Crippen LogP) is 7.33. The minimum atomic E-state index is 0.358. The number of benzene rings is 4. The van der Waals surface area contributed by atoms with E-state index in [1.54, 1.807) is 13.2 Å². The molecule has 2 N–H and O–H groups in total. The Kier molecular flexibility index (Phi) is 5.08. The summed E-state index contributed by atoms with van der Waals surface area (Å²) in [6.07, 6.45) is 3.91. The first kappa shape index (κ1) is 22.1. The topological polar surface area (TPSA) is 58.6 Å². The van der Waals surface area contributed by atoms with E-state index in [0.717, 1.165) is 33.7 Å². The number of rotatable bonds is 4. The van der Waals surface area contributed by atoms with Crippen LogP contribution in [0.4, 0.5) is 0 Å². The van der Waals surface area contributed by atoms with E-state index in [9.17, 15) is 0 Å². The first-order valence-electron chi connectivity index (χ1n) is 12.6. The molecular weight excluding hydrogens is 466 g/mol. The standard InChI is InChI=1S/C33H25N5/c1-35-33(34)23-12-15-29(36-21-23)22-13-16-31-28(20-22)26-14-17-30-27(18-19-37(30)24-8-4-2-5-9-24)32(26)38(31)25-10-6-3-7-11-25/h2-21H,1H3,(H2,34,35). The lowest BCUT2D eigenvalue weighted by Gasteiger charge is -2.10. The van der Waals surface area contributed by atoms with E-state index in [1.165, 1.54) is 27.2 Å². The van der Waals surface area contributed by atoms with E-state index >= 15 is 0 Å². The zero-order valence-electron chi connectivity index (χ0n) is 20.9. The van der Waals surface area contributed by atoms with Crippen LogP contribution >= 0.6 is 0 Å². The lowest BCUT2D eigenvalue weighted by Crippen LogP contribution is -2.17. The number of hydrogen-bond acceptors (Lipinski definition) is 2. The van der Waals surface area contributed by atoms with E-state index in [1.807, 2.05) is 18.2 Å². The molecule has 4 aromatic carbocycles. The molecule has 38 heavy (non-hydrogen) atoms. The van der Waals surface area contributed by atoms with Gasteiger partial charge in [0, 0.05) is 58.1 Å². The van der Waals surface area contributed by atoms with Crippen molar-refractivity contribution in [1.29, 1.82) is 5.41 Å². The largest absolute Gasteiger partial charge is 0.373 e.